The lowest BCUT2D eigenvalue weighted by atomic mass is 10.3. The van der Waals surface area contributed by atoms with Crippen molar-refractivity contribution >= 4 is 17.3 Å². The lowest BCUT2D eigenvalue weighted by Crippen LogP contribution is -2.22. The predicted octanol–water partition coefficient (Wildman–Crippen LogP) is 4.20. The van der Waals surface area contributed by atoms with E-state index in [9.17, 15) is 4.79 Å². The van der Waals surface area contributed by atoms with Crippen LogP contribution in [0.5, 0.6) is 17.2 Å². The van der Waals surface area contributed by atoms with E-state index in [1.165, 1.54) is 0 Å². The van der Waals surface area contributed by atoms with Gasteiger partial charge in [-0.15, -0.1) is 0 Å². The van der Waals surface area contributed by atoms with Gasteiger partial charge in [-0.1, -0.05) is 36.4 Å². The summed E-state index contributed by atoms with van der Waals surface area (Å²) < 4.78 is 16.6. The molecule has 0 atom stereocenters. The Morgan fingerprint density at radius 2 is 1.52 bits per heavy atom. The molecule has 3 rings (SSSR count). The lowest BCUT2D eigenvalue weighted by molar-refractivity contribution is -0.114. The van der Waals surface area contributed by atoms with Crippen molar-refractivity contribution in [2.24, 2.45) is 0 Å². The third-order valence-corrected chi connectivity index (χ3v) is 4.03. The van der Waals surface area contributed by atoms with Gasteiger partial charge in [0, 0.05) is 11.8 Å². The maximum absolute atomic E-state index is 12.2. The zero-order valence-corrected chi connectivity index (χ0v) is 16.3. The monoisotopic (exact) mass is 392 g/mol. The maximum Gasteiger partial charge on any atom is 0.243 e. The molecule has 29 heavy (non-hydrogen) atoms. The van der Waals surface area contributed by atoms with Crippen LogP contribution < -0.4 is 24.8 Å². The van der Waals surface area contributed by atoms with Crippen molar-refractivity contribution in [2.75, 3.05) is 37.5 Å². The number of methoxy groups -OCH3 is 1. The molecule has 0 aliphatic carbocycles. The molecule has 150 valence electrons. The average molecular weight is 392 g/mol. The summed E-state index contributed by atoms with van der Waals surface area (Å²) in [6, 6.07) is 24.3. The summed E-state index contributed by atoms with van der Waals surface area (Å²) in [6.45, 7) is 0.994. The highest BCUT2D eigenvalue weighted by molar-refractivity contribution is 5.95. The molecule has 0 aliphatic heterocycles. The Bertz CT molecular complexity index is 916. The molecule has 0 saturated carbocycles. The Kier molecular flexibility index (Phi) is 7.34. The first kappa shape index (κ1) is 20.1. The summed E-state index contributed by atoms with van der Waals surface area (Å²) in [6.07, 6.45) is 0. The number of hydrogen-bond donors (Lipinski definition) is 2. The molecule has 0 bridgehead atoms. The number of hydrogen-bond acceptors (Lipinski definition) is 5. The SMILES string of the molecule is COc1ccccc1NC(=O)CNc1cccc(OCCOc2ccccc2)c1. The maximum atomic E-state index is 12.2. The fourth-order valence-corrected chi connectivity index (χ4v) is 2.66. The smallest absolute Gasteiger partial charge is 0.243 e. The van der Waals surface area contributed by atoms with Crippen LogP contribution in [0, 0.1) is 0 Å². The minimum atomic E-state index is -0.169. The quantitative estimate of drug-likeness (QED) is 0.506. The molecular weight excluding hydrogens is 368 g/mol. The number of benzene rings is 3. The summed E-state index contributed by atoms with van der Waals surface area (Å²) in [5.41, 5.74) is 1.43. The van der Waals surface area contributed by atoms with Crippen molar-refractivity contribution < 1.29 is 19.0 Å². The number of nitrogens with one attached hydrogen (secondary N) is 2. The Balaban J connectivity index is 1.43. The normalized spacial score (nSPS) is 10.1. The molecule has 6 nitrogen and oxygen atoms in total. The van der Waals surface area contributed by atoms with Gasteiger partial charge in [0.25, 0.3) is 0 Å². The molecule has 2 N–H and O–H groups in total. The standard InChI is InChI=1S/C23H24N2O4/c1-27-22-13-6-5-12-21(22)25-23(26)17-24-18-8-7-11-20(16-18)29-15-14-28-19-9-3-2-4-10-19/h2-13,16,24H,14-15,17H2,1H3,(H,25,26). The van der Waals surface area contributed by atoms with Crippen LogP contribution in [0.1, 0.15) is 0 Å². The number of anilines is 2. The highest BCUT2D eigenvalue weighted by atomic mass is 16.5. The van der Waals surface area contributed by atoms with Crippen LogP contribution in [-0.4, -0.2) is 32.8 Å². The molecule has 0 aromatic heterocycles. The van der Waals surface area contributed by atoms with Crippen LogP contribution in [0.4, 0.5) is 11.4 Å². The van der Waals surface area contributed by atoms with Gasteiger partial charge in [0.1, 0.15) is 30.5 Å². The van der Waals surface area contributed by atoms with Gasteiger partial charge in [-0.25, -0.2) is 0 Å². The van der Waals surface area contributed by atoms with E-state index in [1.807, 2.05) is 66.7 Å². The molecule has 0 saturated heterocycles. The zero-order chi connectivity index (χ0) is 20.3. The minimum absolute atomic E-state index is 0.124. The van der Waals surface area contributed by atoms with Gasteiger partial charge in [0.15, 0.2) is 0 Å². The molecule has 1 amide bonds. The van der Waals surface area contributed by atoms with E-state index in [1.54, 1.807) is 19.2 Å². The lowest BCUT2D eigenvalue weighted by Gasteiger charge is -2.12. The second kappa shape index (κ2) is 10.6. The van der Waals surface area contributed by atoms with E-state index >= 15 is 0 Å². The van der Waals surface area contributed by atoms with Crippen molar-refractivity contribution in [3.8, 4) is 17.2 Å². The molecule has 6 heteroatoms. The number of rotatable bonds is 10. The Morgan fingerprint density at radius 3 is 2.31 bits per heavy atom. The predicted molar refractivity (Wildman–Crippen MR) is 114 cm³/mol. The molecular formula is C23H24N2O4. The van der Waals surface area contributed by atoms with Gasteiger partial charge in [-0.05, 0) is 36.4 Å². The van der Waals surface area contributed by atoms with Crippen LogP contribution in [0.2, 0.25) is 0 Å². The first-order valence-electron chi connectivity index (χ1n) is 9.32. The van der Waals surface area contributed by atoms with Gasteiger partial charge >= 0.3 is 0 Å². The van der Waals surface area contributed by atoms with Crippen LogP contribution in [0.3, 0.4) is 0 Å². The molecule has 0 radical (unpaired) electrons. The Morgan fingerprint density at radius 1 is 0.828 bits per heavy atom. The summed E-state index contributed by atoms with van der Waals surface area (Å²) in [4.78, 5) is 12.2. The van der Waals surface area contributed by atoms with Gasteiger partial charge in [0.05, 0.1) is 19.3 Å². The van der Waals surface area contributed by atoms with Crippen molar-refractivity contribution in [1.82, 2.24) is 0 Å². The van der Waals surface area contributed by atoms with E-state index < -0.39 is 0 Å². The largest absolute Gasteiger partial charge is 0.495 e. The topological polar surface area (TPSA) is 68.8 Å². The van der Waals surface area contributed by atoms with Crippen molar-refractivity contribution in [3.05, 3.63) is 78.9 Å². The third kappa shape index (κ3) is 6.46. The fourth-order valence-electron chi connectivity index (χ4n) is 2.66. The molecule has 0 heterocycles. The second-order valence-electron chi connectivity index (χ2n) is 6.14. The number of carbonyl (C=O) groups is 1. The number of amides is 1. The van der Waals surface area contributed by atoms with E-state index in [0.717, 1.165) is 11.4 Å². The van der Waals surface area contributed by atoms with E-state index in [2.05, 4.69) is 10.6 Å². The van der Waals surface area contributed by atoms with Gasteiger partial charge < -0.3 is 24.8 Å². The van der Waals surface area contributed by atoms with Crippen LogP contribution in [0.25, 0.3) is 0 Å². The number of carbonyl (C=O) groups excluding carboxylic acids is 1. The summed E-state index contributed by atoms with van der Waals surface area (Å²) >= 11 is 0. The molecule has 0 spiro atoms. The fraction of sp³-hybridized carbons (Fsp3) is 0.174. The zero-order valence-electron chi connectivity index (χ0n) is 16.3. The van der Waals surface area contributed by atoms with Gasteiger partial charge in [0.2, 0.25) is 5.91 Å². The Labute approximate surface area is 170 Å². The van der Waals surface area contributed by atoms with E-state index in [0.29, 0.717) is 30.4 Å². The molecule has 0 aliphatic rings. The summed E-state index contributed by atoms with van der Waals surface area (Å²) in [7, 11) is 1.57. The number of ether oxygens (including phenoxy) is 3. The van der Waals surface area contributed by atoms with Gasteiger partial charge in [-0.3, -0.25) is 4.79 Å². The number of para-hydroxylation sites is 3. The van der Waals surface area contributed by atoms with Crippen LogP contribution in [0.15, 0.2) is 78.9 Å². The first-order valence-corrected chi connectivity index (χ1v) is 9.32. The van der Waals surface area contributed by atoms with Crippen molar-refractivity contribution in [1.29, 1.82) is 0 Å². The average Bonchev–Trinajstić information content (AvgIpc) is 2.77. The first-order chi connectivity index (χ1) is 14.2. The van der Waals surface area contributed by atoms with Crippen molar-refractivity contribution in [2.45, 2.75) is 0 Å². The molecule has 3 aromatic rings. The summed E-state index contributed by atoms with van der Waals surface area (Å²) in [5, 5.41) is 5.92. The van der Waals surface area contributed by atoms with Gasteiger partial charge in [-0.2, -0.15) is 0 Å². The summed E-state index contributed by atoms with van der Waals surface area (Å²) in [5.74, 6) is 1.97. The third-order valence-electron chi connectivity index (χ3n) is 4.03. The van der Waals surface area contributed by atoms with Crippen molar-refractivity contribution in [3.63, 3.8) is 0 Å². The molecule has 0 fully saturated rings. The highest BCUT2D eigenvalue weighted by Gasteiger charge is 2.07. The van der Waals surface area contributed by atoms with E-state index in [-0.39, 0.29) is 12.5 Å². The minimum Gasteiger partial charge on any atom is -0.495 e. The van der Waals surface area contributed by atoms with Crippen LogP contribution in [-0.2, 0) is 4.79 Å². The molecule has 3 aromatic carbocycles. The second-order valence-corrected chi connectivity index (χ2v) is 6.14. The molecule has 0 unspecified atom stereocenters. The Hall–Kier alpha value is -3.67. The van der Waals surface area contributed by atoms with Crippen LogP contribution >= 0.6 is 0 Å². The van der Waals surface area contributed by atoms with E-state index in [4.69, 9.17) is 14.2 Å². The highest BCUT2D eigenvalue weighted by Crippen LogP contribution is 2.23.